The van der Waals surface area contributed by atoms with Gasteiger partial charge in [0.25, 0.3) is 11.8 Å². The largest absolute Gasteiger partial charge is 0.379 e. The van der Waals surface area contributed by atoms with E-state index in [9.17, 15) is 9.59 Å². The molecule has 0 aliphatic carbocycles. The van der Waals surface area contributed by atoms with Crippen LogP contribution in [0.3, 0.4) is 0 Å². The molecule has 7 nitrogen and oxygen atoms in total. The van der Waals surface area contributed by atoms with E-state index >= 15 is 0 Å². The lowest BCUT2D eigenvalue weighted by Gasteiger charge is -2.26. The number of amides is 2. The van der Waals surface area contributed by atoms with Crippen LogP contribution in [0, 0.1) is 0 Å². The number of nitrogens with zero attached hydrogens (tertiary/aromatic N) is 1. The summed E-state index contributed by atoms with van der Waals surface area (Å²) in [7, 11) is 0. The molecule has 2 rings (SSSR count). The van der Waals surface area contributed by atoms with E-state index in [2.05, 4.69) is 5.43 Å². The molecule has 1 aliphatic rings. The summed E-state index contributed by atoms with van der Waals surface area (Å²) in [5, 5.41) is 1.80. The first kappa shape index (κ1) is 13.0. The van der Waals surface area contributed by atoms with Crippen LogP contribution in [0.25, 0.3) is 0 Å². The fourth-order valence-electron chi connectivity index (χ4n) is 1.53. The van der Waals surface area contributed by atoms with Crippen LogP contribution < -0.4 is 16.7 Å². The van der Waals surface area contributed by atoms with Gasteiger partial charge in [0.15, 0.2) is 0 Å². The van der Waals surface area contributed by atoms with Crippen molar-refractivity contribution in [2.24, 2.45) is 5.84 Å². The average molecular weight is 270 g/mol. The van der Waals surface area contributed by atoms with Crippen molar-refractivity contribution < 1.29 is 14.3 Å². The minimum atomic E-state index is -0.398. The minimum absolute atomic E-state index is 0.224. The van der Waals surface area contributed by atoms with Gasteiger partial charge in [0.05, 0.1) is 23.0 Å². The Morgan fingerprint density at radius 2 is 1.83 bits per heavy atom. The number of thiophene rings is 1. The Balaban J connectivity index is 1.95. The highest BCUT2D eigenvalue weighted by Gasteiger charge is 2.17. The number of nitrogen functional groups attached to an aromatic ring is 1. The number of hydrazine groups is 2. The Morgan fingerprint density at radius 3 is 2.44 bits per heavy atom. The number of carbonyl (C=O) groups is 2. The molecule has 1 aromatic rings. The van der Waals surface area contributed by atoms with Crippen molar-refractivity contribution in [3.63, 3.8) is 0 Å². The molecule has 18 heavy (non-hydrogen) atoms. The maximum atomic E-state index is 11.9. The standard InChI is InChI=1S/C10H14N4O3S/c11-12-9(15)7-1-2-8(18-7)10(16)13-14-3-5-17-6-4-14/h1-2H,3-6,11H2,(H,12,15)(H,13,16). The molecule has 0 saturated carbocycles. The summed E-state index contributed by atoms with van der Waals surface area (Å²) in [5.41, 5.74) is 4.79. The molecule has 0 spiro atoms. The number of morpholine rings is 1. The molecule has 1 fully saturated rings. The number of ether oxygens (including phenoxy) is 1. The van der Waals surface area contributed by atoms with E-state index in [0.29, 0.717) is 36.1 Å². The summed E-state index contributed by atoms with van der Waals surface area (Å²) in [5.74, 6) is 4.40. The first-order valence-electron chi connectivity index (χ1n) is 5.45. The summed E-state index contributed by atoms with van der Waals surface area (Å²) >= 11 is 1.10. The molecule has 0 aromatic carbocycles. The number of nitrogens with one attached hydrogen (secondary N) is 2. The average Bonchev–Trinajstić information content (AvgIpc) is 2.88. The third-order valence-electron chi connectivity index (χ3n) is 2.46. The maximum absolute atomic E-state index is 11.9. The third-order valence-corrected chi connectivity index (χ3v) is 3.54. The molecule has 98 valence electrons. The van der Waals surface area contributed by atoms with Gasteiger partial charge >= 0.3 is 0 Å². The normalized spacial score (nSPS) is 16.3. The van der Waals surface area contributed by atoms with Gasteiger partial charge in [-0.15, -0.1) is 11.3 Å². The van der Waals surface area contributed by atoms with Crippen LogP contribution in [0.2, 0.25) is 0 Å². The van der Waals surface area contributed by atoms with Crippen LogP contribution in [0.5, 0.6) is 0 Å². The van der Waals surface area contributed by atoms with E-state index < -0.39 is 5.91 Å². The maximum Gasteiger partial charge on any atom is 0.275 e. The predicted molar refractivity (Wildman–Crippen MR) is 65.8 cm³/mol. The van der Waals surface area contributed by atoms with Crippen LogP contribution >= 0.6 is 11.3 Å². The molecule has 2 amide bonds. The van der Waals surface area contributed by atoms with Gasteiger partial charge in [0.2, 0.25) is 0 Å². The molecule has 1 aliphatic heterocycles. The van der Waals surface area contributed by atoms with Gasteiger partial charge in [-0.2, -0.15) is 0 Å². The first-order valence-corrected chi connectivity index (χ1v) is 6.27. The van der Waals surface area contributed by atoms with Crippen LogP contribution in [-0.4, -0.2) is 43.1 Å². The van der Waals surface area contributed by atoms with Crippen LogP contribution in [0.1, 0.15) is 19.3 Å². The van der Waals surface area contributed by atoms with Crippen molar-refractivity contribution in [1.82, 2.24) is 15.9 Å². The first-order chi connectivity index (χ1) is 8.70. The van der Waals surface area contributed by atoms with Gasteiger partial charge in [-0.1, -0.05) is 0 Å². The number of hydrogen-bond acceptors (Lipinski definition) is 6. The van der Waals surface area contributed by atoms with E-state index in [1.54, 1.807) is 17.1 Å². The van der Waals surface area contributed by atoms with E-state index in [0.717, 1.165) is 11.3 Å². The van der Waals surface area contributed by atoms with E-state index in [1.807, 2.05) is 5.43 Å². The summed E-state index contributed by atoms with van der Waals surface area (Å²) in [4.78, 5) is 24.0. The van der Waals surface area contributed by atoms with Gasteiger partial charge in [-0.05, 0) is 12.1 Å². The Kier molecular flexibility index (Phi) is 4.26. The second-order valence-electron chi connectivity index (χ2n) is 3.68. The molecule has 0 bridgehead atoms. The van der Waals surface area contributed by atoms with Gasteiger partial charge < -0.3 is 4.74 Å². The molecule has 0 radical (unpaired) electrons. The molecule has 8 heteroatoms. The topological polar surface area (TPSA) is 96.7 Å². The zero-order valence-corrected chi connectivity index (χ0v) is 10.5. The van der Waals surface area contributed by atoms with Crippen molar-refractivity contribution in [2.45, 2.75) is 0 Å². The lowest BCUT2D eigenvalue weighted by atomic mass is 10.4. The number of carbonyl (C=O) groups excluding carboxylic acids is 2. The van der Waals surface area contributed by atoms with Gasteiger partial charge in [0, 0.05) is 13.1 Å². The van der Waals surface area contributed by atoms with Crippen molar-refractivity contribution in [3.8, 4) is 0 Å². The lowest BCUT2D eigenvalue weighted by Crippen LogP contribution is -2.48. The quantitative estimate of drug-likeness (QED) is 0.384. The predicted octanol–water partition coefficient (Wildman–Crippen LogP) is -0.671. The highest BCUT2D eigenvalue weighted by atomic mass is 32.1. The van der Waals surface area contributed by atoms with Crippen molar-refractivity contribution in [2.75, 3.05) is 26.3 Å². The summed E-state index contributed by atoms with van der Waals surface area (Å²) in [6, 6.07) is 3.17. The Morgan fingerprint density at radius 1 is 1.22 bits per heavy atom. The molecular weight excluding hydrogens is 256 g/mol. The fourth-order valence-corrected chi connectivity index (χ4v) is 2.33. The second kappa shape index (κ2) is 5.91. The molecule has 1 aromatic heterocycles. The Bertz CT molecular complexity index is 442. The molecular formula is C10H14N4O3S. The fraction of sp³-hybridized carbons (Fsp3) is 0.400. The lowest BCUT2D eigenvalue weighted by molar-refractivity contribution is 0.0127. The van der Waals surface area contributed by atoms with Crippen LogP contribution in [0.4, 0.5) is 0 Å². The Labute approximate surface area is 108 Å². The van der Waals surface area contributed by atoms with Crippen LogP contribution in [0.15, 0.2) is 12.1 Å². The highest BCUT2D eigenvalue weighted by Crippen LogP contribution is 2.16. The summed E-state index contributed by atoms with van der Waals surface area (Å²) in [6.07, 6.45) is 0. The molecule has 1 saturated heterocycles. The number of rotatable bonds is 3. The zero-order valence-electron chi connectivity index (χ0n) is 9.64. The SMILES string of the molecule is NNC(=O)c1ccc(C(=O)NN2CCOCC2)s1. The van der Waals surface area contributed by atoms with Crippen molar-refractivity contribution in [1.29, 1.82) is 0 Å². The molecule has 2 heterocycles. The Hall–Kier alpha value is -1.48. The van der Waals surface area contributed by atoms with E-state index in [-0.39, 0.29) is 5.91 Å². The van der Waals surface area contributed by atoms with Gasteiger partial charge in [-0.3, -0.25) is 20.4 Å². The molecule has 0 unspecified atom stereocenters. The molecule has 4 N–H and O–H groups in total. The summed E-state index contributed by atoms with van der Waals surface area (Å²) < 4.78 is 5.18. The van der Waals surface area contributed by atoms with Gasteiger partial charge in [0.1, 0.15) is 0 Å². The smallest absolute Gasteiger partial charge is 0.275 e. The summed E-state index contributed by atoms with van der Waals surface area (Å²) in [6.45, 7) is 2.53. The van der Waals surface area contributed by atoms with Gasteiger partial charge in [-0.25, -0.2) is 10.9 Å². The van der Waals surface area contributed by atoms with E-state index in [4.69, 9.17) is 10.6 Å². The van der Waals surface area contributed by atoms with E-state index in [1.165, 1.54) is 0 Å². The van der Waals surface area contributed by atoms with Crippen molar-refractivity contribution in [3.05, 3.63) is 21.9 Å². The minimum Gasteiger partial charge on any atom is -0.379 e. The van der Waals surface area contributed by atoms with Crippen molar-refractivity contribution >= 4 is 23.2 Å². The monoisotopic (exact) mass is 270 g/mol. The van der Waals surface area contributed by atoms with Crippen LogP contribution in [-0.2, 0) is 4.74 Å². The number of hydrogen-bond donors (Lipinski definition) is 3. The third kappa shape index (κ3) is 3.05. The zero-order chi connectivity index (χ0) is 13.0. The second-order valence-corrected chi connectivity index (χ2v) is 4.76. The molecule has 0 atom stereocenters. The number of nitrogens with two attached hydrogens (primary N) is 1. The highest BCUT2D eigenvalue weighted by molar-refractivity contribution is 7.15.